The number of rotatable bonds is 2. The van der Waals surface area contributed by atoms with Crippen LogP contribution in [0.5, 0.6) is 5.75 Å². The normalized spacial score (nSPS) is 19.1. The molecule has 2 aliphatic rings. The summed E-state index contributed by atoms with van der Waals surface area (Å²) in [7, 11) is 0. The van der Waals surface area contributed by atoms with Crippen LogP contribution in [0.2, 0.25) is 5.02 Å². The number of nitrogens with one attached hydrogen (secondary N) is 1. The van der Waals surface area contributed by atoms with Crippen molar-refractivity contribution in [1.29, 1.82) is 0 Å². The van der Waals surface area contributed by atoms with Gasteiger partial charge in [-0.1, -0.05) is 17.7 Å². The molecule has 30 heavy (non-hydrogen) atoms. The molecular formula is C22H23ClFN3O3. The smallest absolute Gasteiger partial charge is 0.324 e. The van der Waals surface area contributed by atoms with E-state index in [9.17, 15) is 14.0 Å². The first-order valence-electron chi connectivity index (χ1n) is 10.00. The zero-order valence-corrected chi connectivity index (χ0v) is 17.4. The van der Waals surface area contributed by atoms with Crippen LogP contribution in [0.3, 0.4) is 0 Å². The summed E-state index contributed by atoms with van der Waals surface area (Å²) in [6.45, 7) is 3.30. The Morgan fingerprint density at radius 1 is 1.17 bits per heavy atom. The number of likely N-dealkylation sites (tertiary alicyclic amines) is 1. The summed E-state index contributed by atoms with van der Waals surface area (Å²) in [5, 5.41) is 3.30. The largest absolute Gasteiger partial charge is 0.487 e. The highest BCUT2D eigenvalue weighted by molar-refractivity contribution is 6.31. The molecule has 2 aromatic carbocycles. The monoisotopic (exact) mass is 431 g/mol. The molecule has 2 aromatic rings. The number of nitrogens with zero attached hydrogens (tertiary/aromatic N) is 2. The van der Waals surface area contributed by atoms with Crippen molar-refractivity contribution < 1.29 is 18.7 Å². The minimum Gasteiger partial charge on any atom is -0.487 e. The van der Waals surface area contributed by atoms with Gasteiger partial charge in [0, 0.05) is 29.7 Å². The molecule has 0 radical (unpaired) electrons. The van der Waals surface area contributed by atoms with Gasteiger partial charge >= 0.3 is 6.03 Å². The molecule has 0 unspecified atom stereocenters. The Morgan fingerprint density at radius 3 is 2.67 bits per heavy atom. The van der Waals surface area contributed by atoms with Crippen LogP contribution in [0.25, 0.3) is 0 Å². The van der Waals surface area contributed by atoms with Crippen LogP contribution in [-0.2, 0) is 4.79 Å². The van der Waals surface area contributed by atoms with Gasteiger partial charge < -0.3 is 15.0 Å². The fourth-order valence-corrected chi connectivity index (χ4v) is 4.07. The summed E-state index contributed by atoms with van der Waals surface area (Å²) in [6.07, 6.45) is 0.974. The predicted molar refractivity (Wildman–Crippen MR) is 114 cm³/mol. The Labute approximate surface area is 179 Å². The highest BCUT2D eigenvalue weighted by Crippen LogP contribution is 2.36. The van der Waals surface area contributed by atoms with Crippen molar-refractivity contribution in [2.24, 2.45) is 5.92 Å². The standard InChI is InChI=1S/C22H23ClFN3O3/c1-14-13-27(19-11-16(23)5-6-20(19)30-14)22(29)26-9-7-15(8-10-26)21(28)25-18-4-2-3-17(24)12-18/h2-6,11-12,14-15H,7-10,13H2,1H3,(H,25,28)/t14-/m0/s1. The summed E-state index contributed by atoms with van der Waals surface area (Å²) in [4.78, 5) is 29.2. The Bertz CT molecular complexity index is 962. The van der Waals surface area contributed by atoms with E-state index < -0.39 is 5.82 Å². The Hall–Kier alpha value is -2.80. The van der Waals surface area contributed by atoms with E-state index in [4.69, 9.17) is 16.3 Å². The van der Waals surface area contributed by atoms with Gasteiger partial charge in [-0.2, -0.15) is 0 Å². The molecule has 0 spiro atoms. The fraction of sp³-hybridized carbons (Fsp3) is 0.364. The first kappa shape index (κ1) is 20.5. The molecule has 3 amide bonds. The number of carbonyl (C=O) groups excluding carboxylic acids is 2. The minimum atomic E-state index is -0.395. The molecule has 2 aliphatic heterocycles. The van der Waals surface area contributed by atoms with Gasteiger partial charge in [-0.15, -0.1) is 0 Å². The van der Waals surface area contributed by atoms with Crippen LogP contribution in [-0.4, -0.2) is 42.6 Å². The zero-order chi connectivity index (χ0) is 21.3. The topological polar surface area (TPSA) is 61.9 Å². The van der Waals surface area contributed by atoms with E-state index in [0.29, 0.717) is 54.6 Å². The number of hydrogen-bond donors (Lipinski definition) is 1. The molecule has 0 saturated carbocycles. The van der Waals surface area contributed by atoms with Gasteiger partial charge in [0.05, 0.1) is 12.2 Å². The Morgan fingerprint density at radius 2 is 1.93 bits per heavy atom. The maximum Gasteiger partial charge on any atom is 0.324 e. The van der Waals surface area contributed by atoms with Crippen LogP contribution in [0, 0.1) is 11.7 Å². The van der Waals surface area contributed by atoms with Crippen LogP contribution in [0.1, 0.15) is 19.8 Å². The molecule has 1 saturated heterocycles. The number of carbonyl (C=O) groups is 2. The molecule has 1 fully saturated rings. The molecule has 8 heteroatoms. The maximum atomic E-state index is 13.3. The number of hydrogen-bond acceptors (Lipinski definition) is 3. The highest BCUT2D eigenvalue weighted by Gasteiger charge is 2.34. The van der Waals surface area contributed by atoms with E-state index in [1.165, 1.54) is 12.1 Å². The number of halogens is 2. The van der Waals surface area contributed by atoms with Crippen LogP contribution in [0.4, 0.5) is 20.6 Å². The molecule has 0 aromatic heterocycles. The molecule has 1 N–H and O–H groups in total. The number of anilines is 2. The van der Waals surface area contributed by atoms with Gasteiger partial charge in [-0.05, 0) is 56.2 Å². The van der Waals surface area contributed by atoms with Gasteiger partial charge in [-0.25, -0.2) is 9.18 Å². The van der Waals surface area contributed by atoms with Gasteiger partial charge in [0.1, 0.15) is 17.7 Å². The lowest BCUT2D eigenvalue weighted by Crippen LogP contribution is -2.51. The van der Waals surface area contributed by atoms with Crippen molar-refractivity contribution in [1.82, 2.24) is 4.90 Å². The van der Waals surface area contributed by atoms with Crippen molar-refractivity contribution in [2.75, 3.05) is 29.9 Å². The lowest BCUT2D eigenvalue weighted by molar-refractivity contribution is -0.121. The molecular weight excluding hydrogens is 409 g/mol. The second-order valence-electron chi connectivity index (χ2n) is 7.69. The average Bonchev–Trinajstić information content (AvgIpc) is 2.73. The van der Waals surface area contributed by atoms with E-state index in [-0.39, 0.29) is 24.0 Å². The van der Waals surface area contributed by atoms with Crippen molar-refractivity contribution in [2.45, 2.75) is 25.9 Å². The van der Waals surface area contributed by atoms with Crippen LogP contribution >= 0.6 is 11.6 Å². The van der Waals surface area contributed by atoms with Crippen molar-refractivity contribution in [3.05, 3.63) is 53.3 Å². The Kier molecular flexibility index (Phi) is 5.81. The van der Waals surface area contributed by atoms with Crippen LogP contribution < -0.4 is 15.0 Å². The summed E-state index contributed by atoms with van der Waals surface area (Å²) >= 11 is 6.12. The van der Waals surface area contributed by atoms with Crippen molar-refractivity contribution in [3.63, 3.8) is 0 Å². The number of amides is 3. The second kappa shape index (κ2) is 8.52. The summed E-state index contributed by atoms with van der Waals surface area (Å²) in [6, 6.07) is 11.0. The van der Waals surface area contributed by atoms with E-state index >= 15 is 0 Å². The number of ether oxygens (including phenoxy) is 1. The maximum absolute atomic E-state index is 13.3. The average molecular weight is 432 g/mol. The predicted octanol–water partition coefficient (Wildman–Crippen LogP) is 4.54. The summed E-state index contributed by atoms with van der Waals surface area (Å²) in [5.41, 5.74) is 1.10. The summed E-state index contributed by atoms with van der Waals surface area (Å²) in [5.74, 6) is -0.128. The molecule has 158 valence electrons. The second-order valence-corrected chi connectivity index (χ2v) is 8.13. The number of fused-ring (bicyclic) bond motifs is 1. The van der Waals surface area contributed by atoms with E-state index in [1.807, 2.05) is 6.92 Å². The van der Waals surface area contributed by atoms with Gasteiger partial charge in [-0.3, -0.25) is 9.69 Å². The number of benzene rings is 2. The zero-order valence-electron chi connectivity index (χ0n) is 16.6. The van der Waals surface area contributed by atoms with Crippen LogP contribution in [0.15, 0.2) is 42.5 Å². The molecule has 6 nitrogen and oxygen atoms in total. The van der Waals surface area contributed by atoms with Crippen molar-refractivity contribution in [3.8, 4) is 5.75 Å². The lowest BCUT2D eigenvalue weighted by atomic mass is 9.96. The summed E-state index contributed by atoms with van der Waals surface area (Å²) < 4.78 is 19.1. The molecule has 2 heterocycles. The number of piperidine rings is 1. The quantitative estimate of drug-likeness (QED) is 0.759. The molecule has 1 atom stereocenters. The Balaban J connectivity index is 1.39. The third-order valence-corrected chi connectivity index (χ3v) is 5.67. The first-order valence-corrected chi connectivity index (χ1v) is 10.4. The lowest BCUT2D eigenvalue weighted by Gasteiger charge is -2.39. The number of urea groups is 1. The fourth-order valence-electron chi connectivity index (χ4n) is 3.91. The van der Waals surface area contributed by atoms with Gasteiger partial charge in [0.2, 0.25) is 5.91 Å². The highest BCUT2D eigenvalue weighted by atomic mass is 35.5. The molecule has 0 aliphatic carbocycles. The first-order chi connectivity index (χ1) is 14.4. The third-order valence-electron chi connectivity index (χ3n) is 5.44. The van der Waals surface area contributed by atoms with E-state index in [2.05, 4.69) is 5.32 Å². The van der Waals surface area contributed by atoms with Crippen molar-refractivity contribution >= 4 is 34.9 Å². The van der Waals surface area contributed by atoms with Gasteiger partial charge in [0.25, 0.3) is 0 Å². The van der Waals surface area contributed by atoms with E-state index in [1.54, 1.807) is 40.1 Å². The molecule has 4 rings (SSSR count). The minimum absolute atomic E-state index is 0.113. The van der Waals surface area contributed by atoms with Gasteiger partial charge in [0.15, 0.2) is 0 Å². The molecule has 0 bridgehead atoms. The van der Waals surface area contributed by atoms with E-state index in [0.717, 1.165) is 0 Å². The SMILES string of the molecule is C[C@H]1CN(C(=O)N2CCC(C(=O)Nc3cccc(F)c3)CC2)c2cc(Cl)ccc2O1. The third kappa shape index (κ3) is 4.36.